The fourth-order valence-corrected chi connectivity index (χ4v) is 1.36. The zero-order valence-electron chi connectivity index (χ0n) is 6.78. The molecular formula is C9H8O4. The summed E-state index contributed by atoms with van der Waals surface area (Å²) in [5.41, 5.74) is 0.170. The van der Waals surface area contributed by atoms with Crippen molar-refractivity contribution in [3.8, 4) is 17.2 Å². The molecule has 0 unspecified atom stereocenters. The summed E-state index contributed by atoms with van der Waals surface area (Å²) in [7, 11) is 0. The third kappa shape index (κ3) is 1.20. The summed E-state index contributed by atoms with van der Waals surface area (Å²) in [4.78, 5) is 11.3. The molecule has 1 heterocycles. The monoisotopic (exact) mass is 180 g/mol. The van der Waals surface area contributed by atoms with Crippen molar-refractivity contribution >= 4 is 5.78 Å². The molecule has 0 saturated heterocycles. The molecule has 68 valence electrons. The Morgan fingerprint density at radius 2 is 2.08 bits per heavy atom. The van der Waals surface area contributed by atoms with Crippen LogP contribution in [-0.2, 0) is 0 Å². The van der Waals surface area contributed by atoms with Gasteiger partial charge < -0.3 is 14.9 Å². The van der Waals surface area contributed by atoms with E-state index in [4.69, 9.17) is 9.84 Å². The van der Waals surface area contributed by atoms with Gasteiger partial charge in [0, 0.05) is 18.6 Å². The number of hydrogen-bond donors (Lipinski definition) is 2. The van der Waals surface area contributed by atoms with Gasteiger partial charge in [0.1, 0.15) is 22.8 Å². The highest BCUT2D eigenvalue weighted by Crippen LogP contribution is 2.35. The van der Waals surface area contributed by atoms with Crippen molar-refractivity contribution in [2.24, 2.45) is 0 Å². The Bertz CT molecular complexity index is 370. The highest BCUT2D eigenvalue weighted by Gasteiger charge is 2.22. The van der Waals surface area contributed by atoms with Gasteiger partial charge in [0.05, 0.1) is 6.61 Å². The van der Waals surface area contributed by atoms with Gasteiger partial charge in [-0.15, -0.1) is 0 Å². The molecule has 0 saturated carbocycles. The van der Waals surface area contributed by atoms with Crippen LogP contribution < -0.4 is 4.74 Å². The number of aromatic hydroxyl groups is 2. The van der Waals surface area contributed by atoms with E-state index in [-0.39, 0.29) is 35.0 Å². The molecule has 1 aliphatic rings. The van der Waals surface area contributed by atoms with E-state index in [2.05, 4.69) is 0 Å². The van der Waals surface area contributed by atoms with E-state index >= 15 is 0 Å². The molecular weight excluding hydrogens is 172 g/mol. The normalized spacial score (nSPS) is 14.9. The van der Waals surface area contributed by atoms with Gasteiger partial charge in [-0.05, 0) is 0 Å². The van der Waals surface area contributed by atoms with Gasteiger partial charge in [0.25, 0.3) is 0 Å². The van der Waals surface area contributed by atoms with Gasteiger partial charge >= 0.3 is 0 Å². The molecule has 0 aromatic heterocycles. The lowest BCUT2D eigenvalue weighted by Gasteiger charge is -2.16. The van der Waals surface area contributed by atoms with Crippen LogP contribution in [0, 0.1) is 0 Å². The molecule has 1 aromatic rings. The Kier molecular flexibility index (Phi) is 1.62. The van der Waals surface area contributed by atoms with Crippen molar-refractivity contribution in [2.75, 3.05) is 6.61 Å². The molecule has 2 rings (SSSR count). The lowest BCUT2D eigenvalue weighted by molar-refractivity contribution is 0.0929. The first kappa shape index (κ1) is 7.91. The minimum atomic E-state index is -0.222. The van der Waals surface area contributed by atoms with Crippen molar-refractivity contribution in [1.29, 1.82) is 0 Å². The van der Waals surface area contributed by atoms with Crippen molar-refractivity contribution < 1.29 is 19.7 Å². The van der Waals surface area contributed by atoms with Crippen LogP contribution in [0.5, 0.6) is 17.2 Å². The van der Waals surface area contributed by atoms with Gasteiger partial charge in [-0.25, -0.2) is 0 Å². The number of ketones is 1. The van der Waals surface area contributed by atoms with E-state index in [0.29, 0.717) is 6.61 Å². The van der Waals surface area contributed by atoms with Gasteiger partial charge in [-0.3, -0.25) is 4.79 Å². The average molecular weight is 180 g/mol. The molecule has 0 aliphatic carbocycles. The van der Waals surface area contributed by atoms with Crippen LogP contribution in [0.1, 0.15) is 16.8 Å². The summed E-state index contributed by atoms with van der Waals surface area (Å²) < 4.78 is 5.11. The third-order valence-corrected chi connectivity index (χ3v) is 1.93. The third-order valence-electron chi connectivity index (χ3n) is 1.93. The van der Waals surface area contributed by atoms with Gasteiger partial charge in [-0.1, -0.05) is 0 Å². The van der Waals surface area contributed by atoms with Crippen molar-refractivity contribution in [2.45, 2.75) is 6.42 Å². The zero-order chi connectivity index (χ0) is 9.42. The van der Waals surface area contributed by atoms with Crippen molar-refractivity contribution in [1.82, 2.24) is 0 Å². The summed E-state index contributed by atoms with van der Waals surface area (Å²) in [6, 6.07) is 2.46. The predicted molar refractivity (Wildman–Crippen MR) is 44.2 cm³/mol. The number of phenols is 2. The zero-order valence-corrected chi connectivity index (χ0v) is 6.78. The minimum Gasteiger partial charge on any atom is -0.508 e. The molecule has 0 atom stereocenters. The van der Waals surface area contributed by atoms with Crippen LogP contribution in [-0.4, -0.2) is 22.6 Å². The van der Waals surface area contributed by atoms with Gasteiger partial charge in [0.15, 0.2) is 5.78 Å². The molecule has 13 heavy (non-hydrogen) atoms. The maximum atomic E-state index is 11.3. The van der Waals surface area contributed by atoms with Crippen LogP contribution in [0.2, 0.25) is 0 Å². The van der Waals surface area contributed by atoms with Crippen LogP contribution in [0.25, 0.3) is 0 Å². The molecule has 0 fully saturated rings. The molecule has 2 N–H and O–H groups in total. The van der Waals surface area contributed by atoms with E-state index in [1.54, 1.807) is 0 Å². The van der Waals surface area contributed by atoms with Crippen molar-refractivity contribution in [3.05, 3.63) is 17.7 Å². The van der Waals surface area contributed by atoms with E-state index in [1.165, 1.54) is 6.07 Å². The summed E-state index contributed by atoms with van der Waals surface area (Å²) >= 11 is 0. The Morgan fingerprint density at radius 1 is 1.31 bits per heavy atom. The summed E-state index contributed by atoms with van der Waals surface area (Å²) in [5, 5.41) is 18.5. The minimum absolute atomic E-state index is 0.106. The first-order valence-corrected chi connectivity index (χ1v) is 3.90. The number of ether oxygens (including phenoxy) is 1. The molecule has 1 aromatic carbocycles. The smallest absolute Gasteiger partial charge is 0.173 e. The number of hydrogen-bond acceptors (Lipinski definition) is 4. The summed E-state index contributed by atoms with van der Waals surface area (Å²) in [6.45, 7) is 0.300. The number of rotatable bonds is 0. The molecule has 1 aliphatic heterocycles. The van der Waals surface area contributed by atoms with Crippen molar-refractivity contribution in [3.63, 3.8) is 0 Å². The second-order valence-corrected chi connectivity index (χ2v) is 2.86. The fraction of sp³-hybridized carbons (Fsp3) is 0.222. The number of carbonyl (C=O) groups is 1. The standard InChI is InChI=1S/C9H8O4/c10-5-3-7(12)9-6(11)1-2-13-8(9)4-5/h3-4,10,12H,1-2H2. The van der Waals surface area contributed by atoms with E-state index < -0.39 is 0 Å². The number of benzene rings is 1. The van der Waals surface area contributed by atoms with Crippen LogP contribution in [0.3, 0.4) is 0 Å². The lowest BCUT2D eigenvalue weighted by Crippen LogP contribution is -2.15. The Morgan fingerprint density at radius 3 is 2.85 bits per heavy atom. The SMILES string of the molecule is O=C1CCOc2cc(O)cc(O)c21. The Hall–Kier alpha value is -1.71. The molecule has 0 spiro atoms. The van der Waals surface area contributed by atoms with Gasteiger partial charge in [0.2, 0.25) is 0 Å². The Labute approximate surface area is 74.4 Å². The largest absolute Gasteiger partial charge is 0.508 e. The maximum Gasteiger partial charge on any atom is 0.173 e. The number of fused-ring (bicyclic) bond motifs is 1. The summed E-state index contributed by atoms with van der Waals surface area (Å²) in [6.07, 6.45) is 0.269. The van der Waals surface area contributed by atoms with E-state index in [9.17, 15) is 9.90 Å². The Balaban J connectivity index is 2.63. The molecule has 4 heteroatoms. The quantitative estimate of drug-likeness (QED) is 0.626. The second kappa shape index (κ2) is 2.65. The van der Waals surface area contributed by atoms with Crippen LogP contribution in [0.4, 0.5) is 0 Å². The topological polar surface area (TPSA) is 66.8 Å². The molecule has 0 bridgehead atoms. The summed E-state index contributed by atoms with van der Waals surface area (Å²) in [5.74, 6) is -0.224. The number of carbonyl (C=O) groups excluding carboxylic acids is 1. The highest BCUT2D eigenvalue weighted by atomic mass is 16.5. The molecule has 0 radical (unpaired) electrons. The number of phenolic OH excluding ortho intramolecular Hbond substituents is 2. The highest BCUT2D eigenvalue weighted by molar-refractivity contribution is 6.02. The fourth-order valence-electron chi connectivity index (χ4n) is 1.36. The molecule has 0 amide bonds. The second-order valence-electron chi connectivity index (χ2n) is 2.86. The maximum absolute atomic E-state index is 11.3. The predicted octanol–water partition coefficient (Wildman–Crippen LogP) is 1.06. The van der Waals surface area contributed by atoms with Gasteiger partial charge in [-0.2, -0.15) is 0 Å². The lowest BCUT2D eigenvalue weighted by atomic mass is 10.0. The van der Waals surface area contributed by atoms with Crippen LogP contribution >= 0.6 is 0 Å². The molecule has 4 nitrogen and oxygen atoms in total. The first-order valence-electron chi connectivity index (χ1n) is 3.90. The van der Waals surface area contributed by atoms with E-state index in [0.717, 1.165) is 6.07 Å². The average Bonchev–Trinajstić information content (AvgIpc) is 2.02. The van der Waals surface area contributed by atoms with Crippen LogP contribution in [0.15, 0.2) is 12.1 Å². The number of Topliss-reactive ketones (excluding diaryl/α,β-unsaturated/α-hetero) is 1. The van der Waals surface area contributed by atoms with E-state index in [1.807, 2.05) is 0 Å². The first-order chi connectivity index (χ1) is 6.18.